The van der Waals surface area contributed by atoms with Crippen molar-refractivity contribution in [1.29, 1.82) is 0 Å². The molecule has 0 unspecified atom stereocenters. The van der Waals surface area contributed by atoms with Crippen molar-refractivity contribution in [3.05, 3.63) is 17.5 Å². The van der Waals surface area contributed by atoms with Crippen LogP contribution < -0.4 is 5.73 Å². The van der Waals surface area contributed by atoms with Crippen molar-refractivity contribution < 1.29 is 0 Å². The molecule has 0 spiro atoms. The van der Waals surface area contributed by atoms with Gasteiger partial charge in [-0.1, -0.05) is 20.8 Å². The minimum Gasteiger partial charge on any atom is -0.323 e. The standard InChI is InChI=1S/C12H21N3/c1-8(13)10-7-11(12(2,3)4)14-15(10)9-5-6-9/h7-9H,5-6,13H2,1-4H3/t8-/m0/s1. The average Bonchev–Trinajstić information content (AvgIpc) is 2.81. The lowest BCUT2D eigenvalue weighted by atomic mass is 9.92. The normalized spacial score (nSPS) is 19.3. The van der Waals surface area contributed by atoms with Crippen molar-refractivity contribution in [3.8, 4) is 0 Å². The van der Waals surface area contributed by atoms with Gasteiger partial charge in [0.15, 0.2) is 0 Å². The summed E-state index contributed by atoms with van der Waals surface area (Å²) in [5.74, 6) is 0. The van der Waals surface area contributed by atoms with E-state index in [9.17, 15) is 0 Å². The summed E-state index contributed by atoms with van der Waals surface area (Å²) < 4.78 is 2.14. The molecule has 0 aromatic carbocycles. The summed E-state index contributed by atoms with van der Waals surface area (Å²) in [6, 6.07) is 2.86. The fraction of sp³-hybridized carbons (Fsp3) is 0.750. The molecule has 1 aromatic heterocycles. The molecule has 0 amide bonds. The molecule has 1 atom stereocenters. The zero-order chi connectivity index (χ0) is 11.2. The fourth-order valence-corrected chi connectivity index (χ4v) is 1.73. The van der Waals surface area contributed by atoms with Gasteiger partial charge in [-0.3, -0.25) is 4.68 Å². The monoisotopic (exact) mass is 207 g/mol. The first-order chi connectivity index (χ1) is 6.89. The highest BCUT2D eigenvalue weighted by Crippen LogP contribution is 2.37. The zero-order valence-electron chi connectivity index (χ0n) is 10.1. The molecule has 15 heavy (non-hydrogen) atoms. The molecule has 2 N–H and O–H groups in total. The van der Waals surface area contributed by atoms with Gasteiger partial charge in [0.2, 0.25) is 0 Å². The maximum Gasteiger partial charge on any atom is 0.0681 e. The minimum absolute atomic E-state index is 0.0780. The average molecular weight is 207 g/mol. The Hall–Kier alpha value is -0.830. The molecule has 1 heterocycles. The smallest absolute Gasteiger partial charge is 0.0681 e. The minimum atomic E-state index is 0.0780. The van der Waals surface area contributed by atoms with Crippen molar-refractivity contribution in [2.75, 3.05) is 0 Å². The Morgan fingerprint density at radius 1 is 1.47 bits per heavy atom. The van der Waals surface area contributed by atoms with E-state index in [-0.39, 0.29) is 11.5 Å². The molecule has 0 saturated heterocycles. The van der Waals surface area contributed by atoms with Crippen LogP contribution in [0.3, 0.4) is 0 Å². The number of hydrogen-bond acceptors (Lipinski definition) is 2. The molecule has 2 rings (SSSR count). The zero-order valence-corrected chi connectivity index (χ0v) is 10.1. The number of rotatable bonds is 2. The molecule has 1 saturated carbocycles. The number of nitrogens with zero attached hydrogens (tertiary/aromatic N) is 2. The molecular weight excluding hydrogens is 186 g/mol. The van der Waals surface area contributed by atoms with E-state index in [2.05, 4.69) is 31.5 Å². The summed E-state index contributed by atoms with van der Waals surface area (Å²) in [4.78, 5) is 0. The SMILES string of the molecule is C[C@H](N)c1cc(C(C)(C)C)nn1C1CC1. The third-order valence-electron chi connectivity index (χ3n) is 2.89. The fourth-order valence-electron chi connectivity index (χ4n) is 1.73. The quantitative estimate of drug-likeness (QED) is 0.810. The third-order valence-corrected chi connectivity index (χ3v) is 2.89. The van der Waals surface area contributed by atoms with Crippen molar-refractivity contribution in [2.24, 2.45) is 5.73 Å². The molecule has 84 valence electrons. The first-order valence-electron chi connectivity index (χ1n) is 5.75. The Balaban J connectivity index is 2.40. The van der Waals surface area contributed by atoms with Crippen LogP contribution in [0.2, 0.25) is 0 Å². The van der Waals surface area contributed by atoms with Crippen LogP contribution in [0.15, 0.2) is 6.07 Å². The summed E-state index contributed by atoms with van der Waals surface area (Å²) in [6.45, 7) is 8.61. The van der Waals surface area contributed by atoms with Gasteiger partial charge in [-0.25, -0.2) is 0 Å². The highest BCUT2D eigenvalue weighted by Gasteiger charge is 2.30. The van der Waals surface area contributed by atoms with Gasteiger partial charge in [0.25, 0.3) is 0 Å². The molecule has 1 aromatic rings. The van der Waals surface area contributed by atoms with E-state index >= 15 is 0 Å². The van der Waals surface area contributed by atoms with Crippen LogP contribution in [0.1, 0.15) is 64.0 Å². The van der Waals surface area contributed by atoms with E-state index in [1.807, 2.05) is 6.92 Å². The van der Waals surface area contributed by atoms with Crippen LogP contribution in [-0.4, -0.2) is 9.78 Å². The number of hydrogen-bond donors (Lipinski definition) is 1. The Kier molecular flexibility index (Phi) is 2.38. The van der Waals surface area contributed by atoms with Crippen LogP contribution in [0.5, 0.6) is 0 Å². The predicted molar refractivity (Wildman–Crippen MR) is 61.8 cm³/mol. The molecule has 1 fully saturated rings. The van der Waals surface area contributed by atoms with Crippen molar-refractivity contribution >= 4 is 0 Å². The Labute approximate surface area is 91.7 Å². The topological polar surface area (TPSA) is 43.8 Å². The van der Waals surface area contributed by atoms with Crippen LogP contribution >= 0.6 is 0 Å². The summed E-state index contributed by atoms with van der Waals surface area (Å²) in [5, 5.41) is 4.70. The van der Waals surface area contributed by atoms with E-state index in [1.54, 1.807) is 0 Å². The van der Waals surface area contributed by atoms with Crippen molar-refractivity contribution in [2.45, 2.75) is 58.0 Å². The van der Waals surface area contributed by atoms with Gasteiger partial charge in [0.05, 0.1) is 17.4 Å². The molecule has 1 aliphatic rings. The van der Waals surface area contributed by atoms with Gasteiger partial charge in [-0.15, -0.1) is 0 Å². The highest BCUT2D eigenvalue weighted by molar-refractivity contribution is 5.20. The van der Waals surface area contributed by atoms with E-state index in [0.29, 0.717) is 6.04 Å². The third kappa shape index (κ3) is 2.07. The first kappa shape index (κ1) is 10.7. The molecule has 0 bridgehead atoms. The van der Waals surface area contributed by atoms with Gasteiger partial charge < -0.3 is 5.73 Å². The molecular formula is C12H21N3. The Morgan fingerprint density at radius 3 is 2.47 bits per heavy atom. The van der Waals surface area contributed by atoms with Gasteiger partial charge in [0, 0.05) is 11.5 Å². The number of aromatic nitrogens is 2. The second kappa shape index (κ2) is 3.34. The van der Waals surface area contributed by atoms with E-state index < -0.39 is 0 Å². The molecule has 3 heteroatoms. The Bertz CT molecular complexity index is 334. The second-order valence-corrected chi connectivity index (χ2v) is 5.67. The van der Waals surface area contributed by atoms with Gasteiger partial charge in [-0.05, 0) is 25.8 Å². The predicted octanol–water partition coefficient (Wildman–Crippen LogP) is 2.54. The van der Waals surface area contributed by atoms with Crippen LogP contribution in [0.4, 0.5) is 0 Å². The summed E-state index contributed by atoms with van der Waals surface area (Å²) in [7, 11) is 0. The summed E-state index contributed by atoms with van der Waals surface area (Å²) >= 11 is 0. The van der Waals surface area contributed by atoms with E-state index in [4.69, 9.17) is 10.8 Å². The molecule has 0 aliphatic heterocycles. The van der Waals surface area contributed by atoms with E-state index in [0.717, 1.165) is 5.69 Å². The van der Waals surface area contributed by atoms with Crippen LogP contribution in [-0.2, 0) is 5.41 Å². The highest BCUT2D eigenvalue weighted by atomic mass is 15.3. The lowest BCUT2D eigenvalue weighted by Crippen LogP contribution is -2.13. The molecule has 1 aliphatic carbocycles. The van der Waals surface area contributed by atoms with Crippen molar-refractivity contribution in [1.82, 2.24) is 9.78 Å². The largest absolute Gasteiger partial charge is 0.323 e. The van der Waals surface area contributed by atoms with E-state index in [1.165, 1.54) is 18.5 Å². The van der Waals surface area contributed by atoms with Crippen LogP contribution in [0, 0.1) is 0 Å². The summed E-state index contributed by atoms with van der Waals surface area (Å²) in [5.41, 5.74) is 8.43. The second-order valence-electron chi connectivity index (χ2n) is 5.67. The van der Waals surface area contributed by atoms with Crippen molar-refractivity contribution in [3.63, 3.8) is 0 Å². The van der Waals surface area contributed by atoms with Gasteiger partial charge in [-0.2, -0.15) is 5.10 Å². The molecule has 0 radical (unpaired) electrons. The Morgan fingerprint density at radius 2 is 2.07 bits per heavy atom. The summed E-state index contributed by atoms with van der Waals surface area (Å²) in [6.07, 6.45) is 2.51. The maximum absolute atomic E-state index is 5.98. The number of nitrogens with two attached hydrogens (primary N) is 1. The van der Waals surface area contributed by atoms with Crippen LogP contribution in [0.25, 0.3) is 0 Å². The maximum atomic E-state index is 5.98. The van der Waals surface area contributed by atoms with Gasteiger partial charge >= 0.3 is 0 Å². The molecule has 3 nitrogen and oxygen atoms in total. The lowest BCUT2D eigenvalue weighted by molar-refractivity contribution is 0.524. The van der Waals surface area contributed by atoms with Gasteiger partial charge in [0.1, 0.15) is 0 Å². The first-order valence-corrected chi connectivity index (χ1v) is 5.75. The lowest BCUT2D eigenvalue weighted by Gasteiger charge is -2.14.